The van der Waals surface area contributed by atoms with Crippen LogP contribution in [0.15, 0.2) is 54.6 Å². The summed E-state index contributed by atoms with van der Waals surface area (Å²) in [6, 6.07) is 15.7. The van der Waals surface area contributed by atoms with Crippen LogP contribution in [0.2, 0.25) is 0 Å². The zero-order chi connectivity index (χ0) is 21.0. The second-order valence-electron chi connectivity index (χ2n) is 6.78. The van der Waals surface area contributed by atoms with E-state index >= 15 is 0 Å². The van der Waals surface area contributed by atoms with Crippen LogP contribution in [0.4, 0.5) is 0 Å². The van der Waals surface area contributed by atoms with Gasteiger partial charge in [-0.15, -0.1) is 0 Å². The molecule has 0 aliphatic heterocycles. The molecule has 0 saturated carbocycles. The topological polar surface area (TPSA) is 108 Å². The molecule has 0 atom stereocenters. The van der Waals surface area contributed by atoms with Gasteiger partial charge in [-0.25, -0.2) is 0 Å². The Labute approximate surface area is 167 Å². The van der Waals surface area contributed by atoms with Gasteiger partial charge in [0.2, 0.25) is 0 Å². The third-order valence-electron chi connectivity index (χ3n) is 4.32. The number of hydrogen-bond acceptors (Lipinski definition) is 4. The Morgan fingerprint density at radius 2 is 1.45 bits per heavy atom. The number of hydrazine groups is 1. The van der Waals surface area contributed by atoms with Crippen molar-refractivity contribution in [2.24, 2.45) is 0 Å². The number of carbonyl (C=O) groups is 3. The van der Waals surface area contributed by atoms with E-state index in [2.05, 4.69) is 16.2 Å². The van der Waals surface area contributed by atoms with E-state index in [0.29, 0.717) is 5.56 Å². The first kappa shape index (κ1) is 19.9. The van der Waals surface area contributed by atoms with Gasteiger partial charge in [0.25, 0.3) is 17.7 Å². The smallest absolute Gasteiger partial charge is 0.273 e. The summed E-state index contributed by atoms with van der Waals surface area (Å²) in [6.45, 7) is 3.46. The van der Waals surface area contributed by atoms with Crippen LogP contribution in [0.25, 0.3) is 10.8 Å². The molecular formula is C22H21N3O4. The van der Waals surface area contributed by atoms with Crippen LogP contribution in [-0.4, -0.2) is 29.4 Å². The standard InChI is InChI=1S/C22H21N3O4/c1-13-7-14(2)9-17(8-13)21(28)23-12-20(27)24-25-22(29)18-10-15-5-3-4-6-16(15)11-19(18)26/h3-11,26H,12H2,1-2H3,(H,23,28)(H,24,27)(H,25,29). The summed E-state index contributed by atoms with van der Waals surface area (Å²) >= 11 is 0. The van der Waals surface area contributed by atoms with Crippen molar-refractivity contribution in [3.05, 3.63) is 76.9 Å². The third-order valence-corrected chi connectivity index (χ3v) is 4.32. The van der Waals surface area contributed by atoms with Gasteiger partial charge in [0, 0.05) is 5.56 Å². The first-order valence-electron chi connectivity index (χ1n) is 9.01. The number of phenolic OH excluding ortho intramolecular Hbond substituents is 1. The highest BCUT2D eigenvalue weighted by Gasteiger charge is 2.14. The number of nitrogens with one attached hydrogen (secondary N) is 3. The predicted octanol–water partition coefficient (Wildman–Crippen LogP) is 2.35. The minimum atomic E-state index is -0.665. The monoisotopic (exact) mass is 391 g/mol. The van der Waals surface area contributed by atoms with Crippen LogP contribution in [-0.2, 0) is 4.79 Å². The Balaban J connectivity index is 1.56. The second kappa shape index (κ2) is 8.43. The molecule has 0 saturated heterocycles. The maximum atomic E-state index is 12.3. The lowest BCUT2D eigenvalue weighted by Gasteiger charge is -2.10. The van der Waals surface area contributed by atoms with Gasteiger partial charge in [-0.1, -0.05) is 41.5 Å². The van der Waals surface area contributed by atoms with Gasteiger partial charge < -0.3 is 10.4 Å². The number of fused-ring (bicyclic) bond motifs is 1. The molecule has 7 nitrogen and oxygen atoms in total. The second-order valence-corrected chi connectivity index (χ2v) is 6.78. The first-order chi connectivity index (χ1) is 13.8. The molecule has 0 aliphatic carbocycles. The molecule has 148 valence electrons. The fourth-order valence-electron chi connectivity index (χ4n) is 3.02. The van der Waals surface area contributed by atoms with Crippen molar-refractivity contribution in [1.29, 1.82) is 0 Å². The number of amides is 3. The number of aryl methyl sites for hydroxylation is 2. The average Bonchev–Trinajstić information content (AvgIpc) is 2.68. The van der Waals surface area contributed by atoms with Crippen LogP contribution in [0.1, 0.15) is 31.8 Å². The molecule has 0 aliphatic rings. The van der Waals surface area contributed by atoms with Crippen LogP contribution < -0.4 is 16.2 Å². The summed E-state index contributed by atoms with van der Waals surface area (Å²) < 4.78 is 0. The van der Waals surface area contributed by atoms with Gasteiger partial charge in [-0.3, -0.25) is 25.2 Å². The van der Waals surface area contributed by atoms with Gasteiger partial charge in [-0.2, -0.15) is 0 Å². The normalized spacial score (nSPS) is 10.4. The number of carbonyl (C=O) groups excluding carboxylic acids is 3. The molecule has 29 heavy (non-hydrogen) atoms. The summed E-state index contributed by atoms with van der Waals surface area (Å²) in [6.07, 6.45) is 0. The quantitative estimate of drug-likeness (QED) is 0.512. The largest absolute Gasteiger partial charge is 0.507 e. The lowest BCUT2D eigenvalue weighted by atomic mass is 10.1. The molecule has 0 heterocycles. The van der Waals surface area contributed by atoms with E-state index in [4.69, 9.17) is 0 Å². The van der Waals surface area contributed by atoms with Crippen molar-refractivity contribution < 1.29 is 19.5 Å². The molecule has 3 aromatic rings. The van der Waals surface area contributed by atoms with E-state index in [9.17, 15) is 19.5 Å². The van der Waals surface area contributed by atoms with E-state index in [0.717, 1.165) is 21.9 Å². The van der Waals surface area contributed by atoms with E-state index in [-0.39, 0.29) is 23.8 Å². The molecule has 3 aromatic carbocycles. The number of benzene rings is 3. The lowest BCUT2D eigenvalue weighted by molar-refractivity contribution is -0.120. The molecular weight excluding hydrogens is 370 g/mol. The van der Waals surface area contributed by atoms with E-state index in [1.807, 2.05) is 44.2 Å². The van der Waals surface area contributed by atoms with E-state index in [1.54, 1.807) is 12.1 Å². The van der Waals surface area contributed by atoms with Crippen molar-refractivity contribution >= 4 is 28.5 Å². The van der Waals surface area contributed by atoms with Gasteiger partial charge in [0.05, 0.1) is 12.1 Å². The minimum Gasteiger partial charge on any atom is -0.507 e. The molecule has 0 bridgehead atoms. The minimum absolute atomic E-state index is 0.0308. The number of aromatic hydroxyl groups is 1. The van der Waals surface area contributed by atoms with Crippen LogP contribution in [0, 0.1) is 13.8 Å². The summed E-state index contributed by atoms with van der Waals surface area (Å²) in [4.78, 5) is 36.4. The van der Waals surface area contributed by atoms with E-state index in [1.165, 1.54) is 12.1 Å². The molecule has 0 aromatic heterocycles. The molecule has 0 radical (unpaired) electrons. The van der Waals surface area contributed by atoms with Gasteiger partial charge in [0.15, 0.2) is 0 Å². The van der Waals surface area contributed by atoms with Crippen molar-refractivity contribution in [2.75, 3.05) is 6.54 Å². The molecule has 7 heteroatoms. The lowest BCUT2D eigenvalue weighted by Crippen LogP contribution is -2.46. The molecule has 0 unspecified atom stereocenters. The predicted molar refractivity (Wildman–Crippen MR) is 109 cm³/mol. The Hall–Kier alpha value is -3.87. The fourth-order valence-corrected chi connectivity index (χ4v) is 3.02. The molecule has 3 amide bonds. The van der Waals surface area contributed by atoms with Crippen molar-refractivity contribution in [1.82, 2.24) is 16.2 Å². The summed E-state index contributed by atoms with van der Waals surface area (Å²) in [5.41, 5.74) is 6.84. The van der Waals surface area contributed by atoms with Crippen molar-refractivity contribution in [3.63, 3.8) is 0 Å². The Morgan fingerprint density at radius 3 is 2.10 bits per heavy atom. The van der Waals surface area contributed by atoms with Crippen LogP contribution in [0.3, 0.4) is 0 Å². The van der Waals surface area contributed by atoms with Crippen molar-refractivity contribution in [2.45, 2.75) is 13.8 Å². The first-order valence-corrected chi connectivity index (χ1v) is 9.01. The Bertz CT molecular complexity index is 1090. The zero-order valence-electron chi connectivity index (χ0n) is 16.1. The van der Waals surface area contributed by atoms with Crippen LogP contribution >= 0.6 is 0 Å². The highest BCUT2D eigenvalue weighted by molar-refractivity contribution is 6.02. The van der Waals surface area contributed by atoms with Gasteiger partial charge in [0.1, 0.15) is 5.75 Å². The van der Waals surface area contributed by atoms with Crippen LogP contribution in [0.5, 0.6) is 5.75 Å². The summed E-state index contributed by atoms with van der Waals surface area (Å²) in [5, 5.41) is 14.1. The van der Waals surface area contributed by atoms with Gasteiger partial charge in [-0.05, 0) is 48.9 Å². The number of rotatable bonds is 4. The highest BCUT2D eigenvalue weighted by atomic mass is 16.3. The fraction of sp³-hybridized carbons (Fsp3) is 0.136. The molecule has 3 rings (SSSR count). The van der Waals surface area contributed by atoms with E-state index < -0.39 is 11.8 Å². The Kier molecular flexibility index (Phi) is 5.78. The molecule has 0 spiro atoms. The maximum Gasteiger partial charge on any atom is 0.273 e. The number of hydrogen-bond donors (Lipinski definition) is 4. The summed E-state index contributed by atoms with van der Waals surface area (Å²) in [5.74, 6) is -1.84. The number of phenols is 1. The third kappa shape index (κ3) is 4.90. The van der Waals surface area contributed by atoms with Gasteiger partial charge >= 0.3 is 0 Å². The Morgan fingerprint density at radius 1 is 0.828 bits per heavy atom. The van der Waals surface area contributed by atoms with Crippen molar-refractivity contribution in [3.8, 4) is 5.75 Å². The maximum absolute atomic E-state index is 12.3. The average molecular weight is 391 g/mol. The molecule has 0 fully saturated rings. The summed E-state index contributed by atoms with van der Waals surface area (Å²) in [7, 11) is 0. The highest BCUT2D eigenvalue weighted by Crippen LogP contribution is 2.24. The zero-order valence-corrected chi connectivity index (χ0v) is 16.1. The molecule has 4 N–H and O–H groups in total. The SMILES string of the molecule is Cc1cc(C)cc(C(=O)NCC(=O)NNC(=O)c2cc3ccccc3cc2O)c1.